The zero-order valence-electron chi connectivity index (χ0n) is 14.9. The fourth-order valence-electron chi connectivity index (χ4n) is 3.49. The van der Waals surface area contributed by atoms with Crippen molar-refractivity contribution in [2.24, 2.45) is 5.73 Å². The second kappa shape index (κ2) is 8.01. The molecule has 6 nitrogen and oxygen atoms in total. The zero-order chi connectivity index (χ0) is 18.5. The normalized spacial score (nSPS) is 16.1. The van der Waals surface area contributed by atoms with E-state index in [1.54, 1.807) is 0 Å². The second-order valence-corrected chi connectivity index (χ2v) is 6.48. The summed E-state index contributed by atoms with van der Waals surface area (Å²) >= 11 is 0. The number of nitrogens with two attached hydrogens (primary N) is 1. The molecule has 0 aromatic heterocycles. The molecule has 136 valence electrons. The summed E-state index contributed by atoms with van der Waals surface area (Å²) in [7, 11) is 0. The van der Waals surface area contributed by atoms with Crippen LogP contribution in [-0.4, -0.2) is 43.0 Å². The highest BCUT2D eigenvalue weighted by Gasteiger charge is 2.31. The van der Waals surface area contributed by atoms with E-state index in [2.05, 4.69) is 34.2 Å². The second-order valence-electron chi connectivity index (χ2n) is 6.48. The quantitative estimate of drug-likeness (QED) is 0.883. The van der Waals surface area contributed by atoms with Crippen LogP contribution >= 0.6 is 0 Å². The molecule has 3 rings (SSSR count). The number of nitrogens with one attached hydrogen (secondary N) is 1. The van der Waals surface area contributed by atoms with E-state index in [0.29, 0.717) is 0 Å². The van der Waals surface area contributed by atoms with E-state index in [1.165, 1.54) is 11.3 Å². The van der Waals surface area contributed by atoms with E-state index in [4.69, 9.17) is 5.73 Å². The molecule has 1 saturated heterocycles. The first-order chi connectivity index (χ1) is 12.6. The number of para-hydroxylation sites is 1. The van der Waals surface area contributed by atoms with Gasteiger partial charge in [-0.2, -0.15) is 0 Å². The Morgan fingerprint density at radius 3 is 2.19 bits per heavy atom. The van der Waals surface area contributed by atoms with Gasteiger partial charge >= 0.3 is 6.03 Å². The minimum atomic E-state index is -0.825. The van der Waals surface area contributed by atoms with Crippen LogP contribution < -0.4 is 16.0 Å². The van der Waals surface area contributed by atoms with Gasteiger partial charge in [-0.25, -0.2) is 4.79 Å². The summed E-state index contributed by atoms with van der Waals surface area (Å²) < 4.78 is 0. The van der Waals surface area contributed by atoms with Crippen molar-refractivity contribution in [3.05, 3.63) is 65.7 Å². The Bertz CT molecular complexity index is 770. The van der Waals surface area contributed by atoms with Crippen LogP contribution in [0.15, 0.2) is 54.6 Å². The SMILES string of the molecule is Cc1ccccc1N1CCN([C@@H](C(=O)NC(N)=O)c2ccccc2)CC1. The van der Waals surface area contributed by atoms with Crippen LogP contribution in [0.5, 0.6) is 0 Å². The summed E-state index contributed by atoms with van der Waals surface area (Å²) in [6, 6.07) is 16.5. The molecule has 0 aliphatic carbocycles. The summed E-state index contributed by atoms with van der Waals surface area (Å²) in [6.45, 7) is 5.19. The molecule has 0 spiro atoms. The van der Waals surface area contributed by atoms with Crippen molar-refractivity contribution in [3.63, 3.8) is 0 Å². The Hall–Kier alpha value is -2.86. The Labute approximate surface area is 153 Å². The summed E-state index contributed by atoms with van der Waals surface area (Å²) in [5.74, 6) is -0.381. The fraction of sp³-hybridized carbons (Fsp3) is 0.300. The van der Waals surface area contributed by atoms with Crippen LogP contribution in [0.25, 0.3) is 0 Å². The van der Waals surface area contributed by atoms with Crippen LogP contribution in [0.2, 0.25) is 0 Å². The number of primary amides is 1. The van der Waals surface area contributed by atoms with Gasteiger partial charge in [0.05, 0.1) is 0 Å². The lowest BCUT2D eigenvalue weighted by molar-refractivity contribution is -0.125. The number of anilines is 1. The van der Waals surface area contributed by atoms with Gasteiger partial charge in [0.2, 0.25) is 5.91 Å². The van der Waals surface area contributed by atoms with Crippen molar-refractivity contribution in [2.75, 3.05) is 31.1 Å². The molecular formula is C20H24N4O2. The summed E-state index contributed by atoms with van der Waals surface area (Å²) in [4.78, 5) is 28.2. The highest BCUT2D eigenvalue weighted by molar-refractivity contribution is 5.96. The number of rotatable bonds is 4. The number of aryl methyl sites for hydroxylation is 1. The van der Waals surface area contributed by atoms with Gasteiger partial charge in [-0.1, -0.05) is 48.5 Å². The maximum Gasteiger partial charge on any atom is 0.318 e. The first-order valence-electron chi connectivity index (χ1n) is 8.76. The summed E-state index contributed by atoms with van der Waals surface area (Å²) in [6.07, 6.45) is 0. The highest BCUT2D eigenvalue weighted by Crippen LogP contribution is 2.26. The molecular weight excluding hydrogens is 328 g/mol. The highest BCUT2D eigenvalue weighted by atomic mass is 16.2. The van der Waals surface area contributed by atoms with Crippen LogP contribution in [-0.2, 0) is 4.79 Å². The van der Waals surface area contributed by atoms with Crippen molar-refractivity contribution in [1.82, 2.24) is 10.2 Å². The number of carbonyl (C=O) groups excluding carboxylic acids is 2. The van der Waals surface area contributed by atoms with E-state index >= 15 is 0 Å². The lowest BCUT2D eigenvalue weighted by Crippen LogP contribution is -2.52. The Kier molecular flexibility index (Phi) is 5.53. The maximum absolute atomic E-state index is 12.6. The Balaban J connectivity index is 1.76. The minimum Gasteiger partial charge on any atom is -0.369 e. The molecule has 2 aromatic rings. The molecule has 1 aliphatic heterocycles. The monoisotopic (exact) mass is 352 g/mol. The largest absolute Gasteiger partial charge is 0.369 e. The molecule has 26 heavy (non-hydrogen) atoms. The number of benzene rings is 2. The summed E-state index contributed by atoms with van der Waals surface area (Å²) in [5, 5.41) is 2.24. The molecule has 3 N–H and O–H groups in total. The standard InChI is InChI=1S/C20H24N4O2/c1-15-7-5-6-10-17(15)23-11-13-24(14-12-23)18(19(25)22-20(21)26)16-8-3-2-4-9-16/h2-10,18H,11-14H2,1H3,(H3,21,22,25,26)/t18-/m1/s1. The van der Waals surface area contributed by atoms with Crippen molar-refractivity contribution >= 4 is 17.6 Å². The van der Waals surface area contributed by atoms with Crippen molar-refractivity contribution < 1.29 is 9.59 Å². The van der Waals surface area contributed by atoms with Crippen LogP contribution in [0.4, 0.5) is 10.5 Å². The number of urea groups is 1. The molecule has 0 radical (unpaired) electrons. The molecule has 0 bridgehead atoms. The first-order valence-corrected chi connectivity index (χ1v) is 8.76. The molecule has 1 atom stereocenters. The number of piperazine rings is 1. The van der Waals surface area contributed by atoms with E-state index in [9.17, 15) is 9.59 Å². The predicted octanol–water partition coefficient (Wildman–Crippen LogP) is 2.05. The molecule has 0 saturated carbocycles. The van der Waals surface area contributed by atoms with Crippen molar-refractivity contribution in [1.29, 1.82) is 0 Å². The van der Waals surface area contributed by atoms with E-state index in [-0.39, 0.29) is 5.91 Å². The number of hydrogen-bond acceptors (Lipinski definition) is 4. The third kappa shape index (κ3) is 4.03. The van der Waals surface area contributed by atoms with Crippen molar-refractivity contribution in [3.8, 4) is 0 Å². The predicted molar refractivity (Wildman–Crippen MR) is 102 cm³/mol. The average Bonchev–Trinajstić information content (AvgIpc) is 2.63. The summed E-state index contributed by atoms with van der Waals surface area (Å²) in [5.41, 5.74) is 8.48. The molecule has 1 fully saturated rings. The van der Waals surface area contributed by atoms with Gasteiger partial charge in [0.1, 0.15) is 6.04 Å². The number of amides is 3. The lowest BCUT2D eigenvalue weighted by atomic mass is 10.0. The van der Waals surface area contributed by atoms with E-state index < -0.39 is 12.1 Å². The topological polar surface area (TPSA) is 78.7 Å². The molecule has 1 heterocycles. The third-order valence-corrected chi connectivity index (χ3v) is 4.75. The Morgan fingerprint density at radius 1 is 0.962 bits per heavy atom. The van der Waals surface area contributed by atoms with E-state index in [0.717, 1.165) is 31.7 Å². The lowest BCUT2D eigenvalue weighted by Gasteiger charge is -2.40. The van der Waals surface area contributed by atoms with Crippen molar-refractivity contribution in [2.45, 2.75) is 13.0 Å². The zero-order valence-corrected chi connectivity index (χ0v) is 14.9. The van der Waals surface area contributed by atoms with Gasteiger partial charge in [0, 0.05) is 31.9 Å². The molecule has 1 aliphatic rings. The molecule has 6 heteroatoms. The molecule has 2 aromatic carbocycles. The molecule has 3 amide bonds. The Morgan fingerprint density at radius 2 is 1.58 bits per heavy atom. The van der Waals surface area contributed by atoms with Gasteiger partial charge < -0.3 is 10.6 Å². The smallest absolute Gasteiger partial charge is 0.318 e. The van der Waals surface area contributed by atoms with Gasteiger partial charge in [-0.15, -0.1) is 0 Å². The van der Waals surface area contributed by atoms with Crippen LogP contribution in [0.3, 0.4) is 0 Å². The number of nitrogens with zero attached hydrogens (tertiary/aromatic N) is 2. The van der Waals surface area contributed by atoms with Gasteiger partial charge in [0.15, 0.2) is 0 Å². The first kappa shape index (κ1) is 17.9. The average molecular weight is 352 g/mol. The maximum atomic E-state index is 12.6. The number of hydrogen-bond donors (Lipinski definition) is 2. The van der Waals surface area contributed by atoms with E-state index in [1.807, 2.05) is 42.5 Å². The molecule has 0 unspecified atom stereocenters. The van der Waals surface area contributed by atoms with Gasteiger partial charge in [-0.05, 0) is 24.1 Å². The third-order valence-electron chi connectivity index (χ3n) is 4.75. The number of imide groups is 1. The fourth-order valence-corrected chi connectivity index (χ4v) is 3.49. The number of carbonyl (C=O) groups is 2. The van der Waals surface area contributed by atoms with Crippen LogP contribution in [0.1, 0.15) is 17.2 Å². The van der Waals surface area contributed by atoms with Gasteiger partial charge in [-0.3, -0.25) is 15.0 Å². The van der Waals surface area contributed by atoms with Gasteiger partial charge in [0.25, 0.3) is 0 Å². The minimum absolute atomic E-state index is 0.381. The van der Waals surface area contributed by atoms with Crippen LogP contribution in [0, 0.1) is 6.92 Å².